The van der Waals surface area contributed by atoms with Gasteiger partial charge in [-0.25, -0.2) is 13.2 Å². The molecule has 0 atom stereocenters. The normalized spacial score (nSPS) is 13.5. The molecule has 1 aliphatic heterocycles. The fourth-order valence-electron chi connectivity index (χ4n) is 4.23. The quantitative estimate of drug-likeness (QED) is 0.397. The third-order valence-electron chi connectivity index (χ3n) is 6.20. The van der Waals surface area contributed by atoms with Gasteiger partial charge in [-0.3, -0.25) is 9.10 Å². The van der Waals surface area contributed by atoms with Crippen molar-refractivity contribution in [3.05, 3.63) is 69.1 Å². The minimum atomic E-state index is -4.21. The van der Waals surface area contributed by atoms with Gasteiger partial charge in [0.05, 0.1) is 30.4 Å². The van der Waals surface area contributed by atoms with E-state index in [-0.39, 0.29) is 21.4 Å². The third kappa shape index (κ3) is 5.65. The van der Waals surface area contributed by atoms with Crippen LogP contribution in [0.3, 0.4) is 0 Å². The van der Waals surface area contributed by atoms with Gasteiger partial charge in [-0.1, -0.05) is 29.3 Å². The number of nitrogens with one attached hydrogen (secondary N) is 1. The van der Waals surface area contributed by atoms with Crippen molar-refractivity contribution >= 4 is 55.5 Å². The van der Waals surface area contributed by atoms with Gasteiger partial charge in [0.2, 0.25) is 5.91 Å². The second kappa shape index (κ2) is 11.3. The van der Waals surface area contributed by atoms with Gasteiger partial charge in [-0.05, 0) is 56.3 Å². The summed E-state index contributed by atoms with van der Waals surface area (Å²) in [5.74, 6) is -0.967. The van der Waals surface area contributed by atoms with E-state index in [2.05, 4.69) is 10.2 Å². The number of likely N-dealkylation sites (N-methyl/N-ethyl adjacent to an activating group) is 1. The summed E-state index contributed by atoms with van der Waals surface area (Å²) in [5, 5.41) is 3.36. The first-order valence-electron chi connectivity index (χ1n) is 11.7. The summed E-state index contributed by atoms with van der Waals surface area (Å²) in [6.07, 6.45) is 0.635. The van der Waals surface area contributed by atoms with Crippen molar-refractivity contribution < 1.29 is 27.5 Å². The molecule has 2 aromatic carbocycles. The van der Waals surface area contributed by atoms with Crippen LogP contribution in [-0.2, 0) is 32.5 Å². The predicted octanol–water partition coefficient (Wildman–Crippen LogP) is 4.33. The Morgan fingerprint density at radius 1 is 1.16 bits per heavy atom. The van der Waals surface area contributed by atoms with Crippen molar-refractivity contribution in [3.8, 4) is 5.75 Å². The van der Waals surface area contributed by atoms with Crippen molar-refractivity contribution in [2.75, 3.05) is 44.0 Å². The van der Waals surface area contributed by atoms with E-state index in [4.69, 9.17) is 21.1 Å². The molecule has 0 unspecified atom stereocenters. The Morgan fingerprint density at radius 2 is 1.87 bits per heavy atom. The molecule has 202 valence electrons. The van der Waals surface area contributed by atoms with Crippen LogP contribution < -0.4 is 14.4 Å². The van der Waals surface area contributed by atoms with Gasteiger partial charge in [0.1, 0.15) is 17.3 Å². The van der Waals surface area contributed by atoms with Crippen LogP contribution in [-0.4, -0.2) is 59.6 Å². The molecule has 1 N–H and O–H groups in total. The van der Waals surface area contributed by atoms with Gasteiger partial charge in [0.15, 0.2) is 0 Å². The number of thiophene rings is 1. The van der Waals surface area contributed by atoms with Gasteiger partial charge >= 0.3 is 5.97 Å². The van der Waals surface area contributed by atoms with Crippen molar-refractivity contribution in [3.63, 3.8) is 0 Å². The number of halogens is 1. The van der Waals surface area contributed by atoms with Gasteiger partial charge in [0, 0.05) is 23.0 Å². The largest absolute Gasteiger partial charge is 0.495 e. The van der Waals surface area contributed by atoms with E-state index in [1.165, 1.54) is 49.8 Å². The molecule has 9 nitrogen and oxygen atoms in total. The number of aryl methyl sites for hydroxylation is 1. The van der Waals surface area contributed by atoms with Crippen molar-refractivity contribution in [2.24, 2.45) is 0 Å². The Morgan fingerprint density at radius 3 is 2.53 bits per heavy atom. The van der Waals surface area contributed by atoms with E-state index in [0.29, 0.717) is 23.5 Å². The first-order chi connectivity index (χ1) is 18.0. The molecule has 1 amide bonds. The highest BCUT2D eigenvalue weighted by atomic mass is 35.5. The summed E-state index contributed by atoms with van der Waals surface area (Å²) in [4.78, 5) is 29.1. The number of rotatable bonds is 8. The van der Waals surface area contributed by atoms with Crippen molar-refractivity contribution in [2.45, 2.75) is 24.8 Å². The zero-order valence-corrected chi connectivity index (χ0v) is 23.8. The molecule has 1 aromatic heterocycles. The average Bonchev–Trinajstić information content (AvgIpc) is 3.23. The van der Waals surface area contributed by atoms with Crippen LogP contribution in [0, 0.1) is 6.92 Å². The monoisotopic (exact) mass is 577 g/mol. The molecule has 0 bridgehead atoms. The van der Waals surface area contributed by atoms with E-state index < -0.39 is 28.4 Å². The minimum Gasteiger partial charge on any atom is -0.495 e. The number of benzene rings is 2. The maximum atomic E-state index is 13.8. The summed E-state index contributed by atoms with van der Waals surface area (Å²) in [6, 6.07) is 10.8. The van der Waals surface area contributed by atoms with Crippen LogP contribution in [0.1, 0.15) is 26.4 Å². The van der Waals surface area contributed by atoms with E-state index in [1.54, 1.807) is 18.2 Å². The smallest absolute Gasteiger partial charge is 0.341 e. The lowest BCUT2D eigenvalue weighted by Gasteiger charge is -2.26. The van der Waals surface area contributed by atoms with Gasteiger partial charge < -0.3 is 19.7 Å². The Balaban J connectivity index is 1.73. The number of hydrogen-bond donors (Lipinski definition) is 1. The first-order valence-corrected chi connectivity index (χ1v) is 14.3. The molecular weight excluding hydrogens is 550 g/mol. The zero-order chi connectivity index (χ0) is 27.6. The molecule has 0 saturated carbocycles. The topological polar surface area (TPSA) is 105 Å². The highest BCUT2D eigenvalue weighted by Crippen LogP contribution is 2.38. The number of methoxy groups -OCH3 is 2. The Kier molecular flexibility index (Phi) is 8.31. The maximum Gasteiger partial charge on any atom is 0.341 e. The number of carbonyl (C=O) groups is 2. The Hall–Kier alpha value is -3.12. The van der Waals surface area contributed by atoms with Crippen LogP contribution in [0.15, 0.2) is 47.4 Å². The fraction of sp³-hybridized carbons (Fsp3) is 0.308. The van der Waals surface area contributed by atoms with Crippen LogP contribution in [0.4, 0.5) is 10.7 Å². The lowest BCUT2D eigenvalue weighted by Crippen LogP contribution is -2.38. The molecular formula is C26H28ClN3O6S2. The molecule has 3 aromatic rings. The molecule has 1 aliphatic rings. The highest BCUT2D eigenvalue weighted by molar-refractivity contribution is 7.92. The van der Waals surface area contributed by atoms with Gasteiger partial charge in [-0.15, -0.1) is 11.3 Å². The second-order valence-corrected chi connectivity index (χ2v) is 12.3. The Labute approximate surface area is 231 Å². The lowest BCUT2D eigenvalue weighted by molar-refractivity contribution is -0.114. The van der Waals surface area contributed by atoms with Gasteiger partial charge in [-0.2, -0.15) is 0 Å². The highest BCUT2D eigenvalue weighted by Gasteiger charge is 2.32. The molecule has 38 heavy (non-hydrogen) atoms. The molecule has 0 fully saturated rings. The number of amides is 1. The van der Waals surface area contributed by atoms with E-state index in [1.807, 2.05) is 14.0 Å². The molecule has 0 spiro atoms. The molecule has 4 rings (SSSR count). The third-order valence-corrected chi connectivity index (χ3v) is 9.34. The minimum absolute atomic E-state index is 0.00260. The van der Waals surface area contributed by atoms with E-state index >= 15 is 0 Å². The molecule has 2 heterocycles. The number of sulfonamides is 1. The summed E-state index contributed by atoms with van der Waals surface area (Å²) < 4.78 is 38.9. The summed E-state index contributed by atoms with van der Waals surface area (Å²) in [7, 11) is 0.456. The number of ether oxygens (including phenoxy) is 2. The molecule has 0 saturated heterocycles. The summed E-state index contributed by atoms with van der Waals surface area (Å²) >= 11 is 7.50. The molecule has 0 radical (unpaired) electrons. The molecule has 12 heteroatoms. The second-order valence-electron chi connectivity index (χ2n) is 8.88. The summed E-state index contributed by atoms with van der Waals surface area (Å²) in [5.41, 5.74) is 2.14. The van der Waals surface area contributed by atoms with Gasteiger partial charge in [0.25, 0.3) is 10.0 Å². The fourth-order valence-corrected chi connectivity index (χ4v) is 7.15. The number of carbonyl (C=O) groups excluding carboxylic acids is 2. The summed E-state index contributed by atoms with van der Waals surface area (Å²) in [6.45, 7) is 2.65. The van der Waals surface area contributed by atoms with E-state index in [9.17, 15) is 18.0 Å². The average molecular weight is 578 g/mol. The van der Waals surface area contributed by atoms with Crippen LogP contribution in [0.2, 0.25) is 5.02 Å². The Bertz CT molecular complexity index is 1470. The number of nitrogens with zero attached hydrogens (tertiary/aromatic N) is 2. The van der Waals surface area contributed by atoms with Crippen LogP contribution in [0.5, 0.6) is 5.75 Å². The number of hydrogen-bond acceptors (Lipinski definition) is 8. The number of anilines is 2. The van der Waals surface area contributed by atoms with Crippen molar-refractivity contribution in [1.82, 2.24) is 4.90 Å². The van der Waals surface area contributed by atoms with Crippen molar-refractivity contribution in [1.29, 1.82) is 0 Å². The number of esters is 1. The molecule has 0 aliphatic carbocycles. The first kappa shape index (κ1) is 27.9. The van der Waals surface area contributed by atoms with Crippen LogP contribution >= 0.6 is 22.9 Å². The van der Waals surface area contributed by atoms with Crippen LogP contribution in [0.25, 0.3) is 0 Å². The van der Waals surface area contributed by atoms with E-state index in [0.717, 1.165) is 26.9 Å². The zero-order valence-electron chi connectivity index (χ0n) is 21.4. The maximum absolute atomic E-state index is 13.8. The SMILES string of the molecule is COC(=O)c1c(NC(=O)CN(c2cc(Cl)ccc2OC)S(=O)(=O)c2ccc(C)cc2)sc2c1CCN(C)C2. The predicted molar refractivity (Wildman–Crippen MR) is 148 cm³/mol. The lowest BCUT2D eigenvalue weighted by atomic mass is 10.0. The standard InChI is InChI=1S/C26H28ClN3O6S2/c1-16-5-8-18(9-6-16)38(33,34)30(20-13-17(27)7-10-21(20)35-3)15-23(31)28-25-24(26(32)36-4)19-11-12-29(2)14-22(19)37-25/h5-10,13H,11-12,14-15H2,1-4H3,(H,28,31). The number of fused-ring (bicyclic) bond motifs is 1.